The molecule has 170 valence electrons. The molecule has 0 heterocycles. The fourth-order valence-electron chi connectivity index (χ4n) is 3.92. The zero-order chi connectivity index (χ0) is 20.7. The molecular formula is C25H54O2Si. The Hall–Kier alpha value is 0.137. The Morgan fingerprint density at radius 2 is 0.893 bits per heavy atom. The third-order valence-electron chi connectivity index (χ3n) is 5.81. The van der Waals surface area contributed by atoms with E-state index in [1.54, 1.807) is 0 Å². The number of hydrogen-bond donors (Lipinski definition) is 0. The Kier molecular flexibility index (Phi) is 23.5. The summed E-state index contributed by atoms with van der Waals surface area (Å²) >= 11 is 0. The van der Waals surface area contributed by atoms with Crippen molar-refractivity contribution in [2.24, 2.45) is 0 Å². The summed E-state index contributed by atoms with van der Waals surface area (Å²) in [5, 5.41) is 0. The summed E-state index contributed by atoms with van der Waals surface area (Å²) in [5.74, 6) is 0. The van der Waals surface area contributed by atoms with E-state index < -0.39 is 9.28 Å². The monoisotopic (exact) mass is 414 g/mol. The zero-order valence-corrected chi connectivity index (χ0v) is 21.3. The van der Waals surface area contributed by atoms with Gasteiger partial charge < -0.3 is 8.85 Å². The van der Waals surface area contributed by atoms with Crippen molar-refractivity contribution in [3.8, 4) is 0 Å². The van der Waals surface area contributed by atoms with Crippen LogP contribution in [-0.2, 0) is 8.85 Å². The largest absolute Gasteiger partial charge is 0.396 e. The molecule has 1 atom stereocenters. The van der Waals surface area contributed by atoms with Crippen LogP contribution >= 0.6 is 0 Å². The molecule has 0 bridgehead atoms. The number of rotatable bonds is 23. The van der Waals surface area contributed by atoms with Gasteiger partial charge >= 0.3 is 9.28 Å². The lowest BCUT2D eigenvalue weighted by Gasteiger charge is -2.24. The van der Waals surface area contributed by atoms with Gasteiger partial charge in [0.05, 0.1) is 0 Å². The maximum Gasteiger partial charge on any atom is 0.324 e. The van der Waals surface area contributed by atoms with Crippen LogP contribution < -0.4 is 0 Å². The molecule has 1 unspecified atom stereocenters. The lowest BCUT2D eigenvalue weighted by atomic mass is 10.0. The molecular weight excluding hydrogens is 360 g/mol. The lowest BCUT2D eigenvalue weighted by Crippen LogP contribution is -2.30. The molecule has 0 aliphatic rings. The van der Waals surface area contributed by atoms with Gasteiger partial charge in [-0.25, -0.2) is 0 Å². The Morgan fingerprint density at radius 3 is 1.25 bits per heavy atom. The van der Waals surface area contributed by atoms with E-state index in [1.165, 1.54) is 103 Å². The standard InChI is InChI=1S/C25H54O2Si/c1-5-9-10-11-12-13-14-15-16-17-18-19-20-21-22-25(8-4)28(26-23-6-2)27-24-7-3/h25,28H,5-24H2,1-4H3. The maximum absolute atomic E-state index is 6.13. The summed E-state index contributed by atoms with van der Waals surface area (Å²) in [5.41, 5.74) is 0.704. The second kappa shape index (κ2) is 23.4. The molecule has 0 saturated heterocycles. The second-order valence-corrected chi connectivity index (χ2v) is 11.0. The lowest BCUT2D eigenvalue weighted by molar-refractivity contribution is 0.184. The Morgan fingerprint density at radius 1 is 0.500 bits per heavy atom. The third kappa shape index (κ3) is 18.2. The summed E-state index contributed by atoms with van der Waals surface area (Å²) in [6.07, 6.45) is 24.8. The smallest absolute Gasteiger partial charge is 0.324 e. The van der Waals surface area contributed by atoms with Gasteiger partial charge in [-0.05, 0) is 24.8 Å². The summed E-state index contributed by atoms with van der Waals surface area (Å²) in [7, 11) is -1.48. The van der Waals surface area contributed by atoms with Gasteiger partial charge in [0.25, 0.3) is 0 Å². The molecule has 0 aromatic rings. The van der Waals surface area contributed by atoms with Gasteiger partial charge in [0.15, 0.2) is 0 Å². The minimum Gasteiger partial charge on any atom is -0.396 e. The van der Waals surface area contributed by atoms with E-state index in [0.717, 1.165) is 26.1 Å². The van der Waals surface area contributed by atoms with E-state index in [-0.39, 0.29) is 0 Å². The van der Waals surface area contributed by atoms with Crippen molar-refractivity contribution < 1.29 is 8.85 Å². The molecule has 0 aromatic carbocycles. The topological polar surface area (TPSA) is 18.5 Å². The van der Waals surface area contributed by atoms with Gasteiger partial charge in [0.2, 0.25) is 0 Å². The van der Waals surface area contributed by atoms with E-state index in [1.807, 2.05) is 0 Å². The van der Waals surface area contributed by atoms with Crippen molar-refractivity contribution in [2.45, 2.75) is 149 Å². The Bertz CT molecular complexity index is 278. The Balaban J connectivity index is 3.57. The second-order valence-electron chi connectivity index (χ2n) is 8.66. The van der Waals surface area contributed by atoms with Crippen LogP contribution in [0.15, 0.2) is 0 Å². The molecule has 0 N–H and O–H groups in total. The molecule has 0 spiro atoms. The summed E-state index contributed by atoms with van der Waals surface area (Å²) in [6.45, 7) is 10.8. The fraction of sp³-hybridized carbons (Fsp3) is 1.00. The molecule has 0 radical (unpaired) electrons. The molecule has 0 fully saturated rings. The van der Waals surface area contributed by atoms with Gasteiger partial charge in [-0.3, -0.25) is 0 Å². The van der Waals surface area contributed by atoms with Crippen molar-refractivity contribution in [1.82, 2.24) is 0 Å². The molecule has 0 amide bonds. The summed E-state index contributed by atoms with van der Waals surface area (Å²) < 4.78 is 12.3. The molecule has 0 rings (SSSR count). The van der Waals surface area contributed by atoms with E-state index in [9.17, 15) is 0 Å². The molecule has 3 heteroatoms. The first-order valence-corrected chi connectivity index (χ1v) is 14.6. The molecule has 28 heavy (non-hydrogen) atoms. The first-order chi connectivity index (χ1) is 13.8. The van der Waals surface area contributed by atoms with E-state index >= 15 is 0 Å². The highest BCUT2D eigenvalue weighted by Crippen LogP contribution is 2.25. The predicted octanol–water partition coefficient (Wildman–Crippen LogP) is 8.71. The minimum atomic E-state index is -1.48. The van der Waals surface area contributed by atoms with Crippen molar-refractivity contribution in [3.63, 3.8) is 0 Å². The van der Waals surface area contributed by atoms with Crippen LogP contribution in [0.1, 0.15) is 143 Å². The molecule has 0 aromatic heterocycles. The van der Waals surface area contributed by atoms with Crippen molar-refractivity contribution in [1.29, 1.82) is 0 Å². The van der Waals surface area contributed by atoms with Gasteiger partial charge in [0.1, 0.15) is 0 Å². The van der Waals surface area contributed by atoms with Gasteiger partial charge in [-0.1, -0.05) is 124 Å². The highest BCUT2D eigenvalue weighted by molar-refractivity contribution is 6.46. The van der Waals surface area contributed by atoms with E-state index in [2.05, 4.69) is 27.7 Å². The normalized spacial score (nSPS) is 12.8. The van der Waals surface area contributed by atoms with Gasteiger partial charge in [0, 0.05) is 13.2 Å². The van der Waals surface area contributed by atoms with Crippen LogP contribution in [-0.4, -0.2) is 22.5 Å². The molecule has 0 saturated carbocycles. The van der Waals surface area contributed by atoms with Crippen molar-refractivity contribution in [3.05, 3.63) is 0 Å². The molecule has 0 aliphatic heterocycles. The number of hydrogen-bond acceptors (Lipinski definition) is 2. The van der Waals surface area contributed by atoms with Crippen molar-refractivity contribution >= 4 is 9.28 Å². The third-order valence-corrected chi connectivity index (χ3v) is 8.51. The van der Waals surface area contributed by atoms with Crippen LogP contribution in [0.2, 0.25) is 5.54 Å². The van der Waals surface area contributed by atoms with Crippen LogP contribution in [0.25, 0.3) is 0 Å². The average molecular weight is 415 g/mol. The van der Waals surface area contributed by atoms with Crippen LogP contribution in [0.3, 0.4) is 0 Å². The van der Waals surface area contributed by atoms with Gasteiger partial charge in [-0.2, -0.15) is 0 Å². The quantitative estimate of drug-likeness (QED) is 0.123. The first kappa shape index (κ1) is 28.1. The first-order valence-electron chi connectivity index (χ1n) is 13.0. The highest BCUT2D eigenvalue weighted by atomic mass is 28.3. The average Bonchev–Trinajstić information content (AvgIpc) is 2.72. The van der Waals surface area contributed by atoms with Gasteiger partial charge in [-0.15, -0.1) is 0 Å². The summed E-state index contributed by atoms with van der Waals surface area (Å²) in [4.78, 5) is 0. The van der Waals surface area contributed by atoms with E-state index in [0.29, 0.717) is 5.54 Å². The molecule has 0 aliphatic carbocycles. The van der Waals surface area contributed by atoms with E-state index in [4.69, 9.17) is 8.85 Å². The Labute approximate surface area is 180 Å². The van der Waals surface area contributed by atoms with Crippen molar-refractivity contribution in [2.75, 3.05) is 13.2 Å². The zero-order valence-electron chi connectivity index (χ0n) is 20.1. The number of unbranched alkanes of at least 4 members (excludes halogenated alkanes) is 13. The van der Waals surface area contributed by atoms with Crippen LogP contribution in [0.4, 0.5) is 0 Å². The minimum absolute atomic E-state index is 0.704. The predicted molar refractivity (Wildman–Crippen MR) is 129 cm³/mol. The maximum atomic E-state index is 6.13. The summed E-state index contributed by atoms with van der Waals surface area (Å²) in [6, 6.07) is 0. The fourth-order valence-corrected chi connectivity index (χ4v) is 6.39. The van der Waals surface area contributed by atoms with Crippen LogP contribution in [0.5, 0.6) is 0 Å². The molecule has 2 nitrogen and oxygen atoms in total. The SMILES string of the molecule is CCCCCCCCCCCCCCCCC(CC)[SiH](OCCC)OCCC. The highest BCUT2D eigenvalue weighted by Gasteiger charge is 2.24. The van der Waals surface area contributed by atoms with Crippen LogP contribution in [0, 0.1) is 0 Å².